The summed E-state index contributed by atoms with van der Waals surface area (Å²) in [6, 6.07) is 3.46. The summed E-state index contributed by atoms with van der Waals surface area (Å²) in [5, 5.41) is 11.5. The monoisotopic (exact) mass is 484 g/mol. The van der Waals surface area contributed by atoms with Gasteiger partial charge in [0.15, 0.2) is 15.8 Å². The number of aromatic hydroxyl groups is 1. The minimum atomic E-state index is -0.355. The number of hydrogen-bond acceptors (Lipinski definition) is 6. The van der Waals surface area contributed by atoms with Crippen LogP contribution < -0.4 is 10.2 Å². The van der Waals surface area contributed by atoms with Gasteiger partial charge in [-0.25, -0.2) is 0 Å². The van der Waals surface area contributed by atoms with E-state index in [1.807, 2.05) is 0 Å². The molecule has 0 atom stereocenters. The highest BCUT2D eigenvalue weighted by molar-refractivity contribution is 8.26. The lowest BCUT2D eigenvalue weighted by atomic mass is 9.49. The van der Waals surface area contributed by atoms with E-state index in [0.29, 0.717) is 50.3 Å². The molecule has 174 valence electrons. The van der Waals surface area contributed by atoms with Crippen LogP contribution in [0, 0.1) is 23.2 Å². The van der Waals surface area contributed by atoms with Crippen molar-refractivity contribution in [2.45, 2.75) is 44.9 Å². The van der Waals surface area contributed by atoms with Crippen molar-refractivity contribution in [2.24, 2.45) is 23.2 Å². The number of carbonyl (C=O) groups is 2. The van der Waals surface area contributed by atoms with Gasteiger partial charge in [0, 0.05) is 5.56 Å². The average Bonchev–Trinajstić information content (AvgIpc) is 3.02. The zero-order valence-electron chi connectivity index (χ0n) is 18.6. The number of phenols is 1. The lowest BCUT2D eigenvalue weighted by Gasteiger charge is -2.55. The highest BCUT2D eigenvalue weighted by atomic mass is 32.2. The largest absolute Gasteiger partial charge is 0.504 e. The topological polar surface area (TPSA) is 78.9 Å². The van der Waals surface area contributed by atoms with Gasteiger partial charge in [-0.3, -0.25) is 15.0 Å². The number of benzene rings is 1. The number of thioether (sulfide) groups is 1. The van der Waals surface area contributed by atoms with Gasteiger partial charge in [0.1, 0.15) is 0 Å². The molecule has 4 bridgehead atoms. The quantitative estimate of drug-likeness (QED) is 0.350. The van der Waals surface area contributed by atoms with Gasteiger partial charge < -0.3 is 9.84 Å². The van der Waals surface area contributed by atoms with E-state index in [9.17, 15) is 14.7 Å². The second-order valence-electron chi connectivity index (χ2n) is 9.88. The maximum absolute atomic E-state index is 13.4. The molecule has 5 fully saturated rings. The van der Waals surface area contributed by atoms with E-state index in [2.05, 4.69) is 12.0 Å². The molecule has 2 N–H and O–H groups in total. The van der Waals surface area contributed by atoms with E-state index in [4.69, 9.17) is 17.0 Å². The second kappa shape index (κ2) is 8.47. The summed E-state index contributed by atoms with van der Waals surface area (Å²) in [5.74, 6) is 1.92. The highest BCUT2D eigenvalue weighted by Crippen LogP contribution is 2.60. The number of nitrogens with zero attached hydrogens (tertiary/aromatic N) is 1. The zero-order valence-corrected chi connectivity index (χ0v) is 20.3. The predicted molar refractivity (Wildman–Crippen MR) is 132 cm³/mol. The van der Waals surface area contributed by atoms with Crippen molar-refractivity contribution in [3.05, 3.63) is 40.8 Å². The van der Waals surface area contributed by atoms with Gasteiger partial charge in [-0.15, -0.1) is 6.58 Å². The number of hydrazine groups is 1. The summed E-state index contributed by atoms with van der Waals surface area (Å²) in [6.45, 7) is 3.72. The van der Waals surface area contributed by atoms with Gasteiger partial charge in [-0.05, 0) is 98.7 Å². The Morgan fingerprint density at radius 1 is 1.30 bits per heavy atom. The fourth-order valence-electron chi connectivity index (χ4n) is 6.56. The van der Waals surface area contributed by atoms with Gasteiger partial charge in [0.25, 0.3) is 5.91 Å². The van der Waals surface area contributed by atoms with Crippen LogP contribution in [-0.4, -0.2) is 33.4 Å². The third-order valence-electron chi connectivity index (χ3n) is 7.59. The van der Waals surface area contributed by atoms with Gasteiger partial charge in [-0.2, -0.15) is 5.01 Å². The number of phenolic OH excluding ortho intramolecular Hbond substituents is 1. The molecule has 1 aliphatic heterocycles. The first-order chi connectivity index (χ1) is 15.8. The third-order valence-corrected chi connectivity index (χ3v) is 8.89. The molecule has 0 spiro atoms. The van der Waals surface area contributed by atoms with E-state index in [-0.39, 0.29) is 23.0 Å². The van der Waals surface area contributed by atoms with Crippen LogP contribution in [0.5, 0.6) is 11.5 Å². The molecule has 4 aliphatic carbocycles. The normalized spacial score (nSPS) is 31.4. The molecule has 6 nitrogen and oxygen atoms in total. The van der Waals surface area contributed by atoms with Crippen LogP contribution in [0.3, 0.4) is 0 Å². The summed E-state index contributed by atoms with van der Waals surface area (Å²) < 4.78 is 5.60. The van der Waals surface area contributed by atoms with Crippen molar-refractivity contribution in [2.75, 3.05) is 7.11 Å². The molecule has 33 heavy (non-hydrogen) atoms. The van der Waals surface area contributed by atoms with Crippen LogP contribution in [0.2, 0.25) is 0 Å². The van der Waals surface area contributed by atoms with Crippen molar-refractivity contribution < 1.29 is 19.4 Å². The Morgan fingerprint density at radius 3 is 2.52 bits per heavy atom. The predicted octanol–water partition coefficient (Wildman–Crippen LogP) is 4.58. The third kappa shape index (κ3) is 3.97. The van der Waals surface area contributed by atoms with Crippen molar-refractivity contribution >= 4 is 46.2 Å². The molecular weight excluding hydrogens is 456 g/mol. The van der Waals surface area contributed by atoms with Crippen molar-refractivity contribution in [3.8, 4) is 11.5 Å². The number of thiocarbonyl (C=S) groups is 1. The Morgan fingerprint density at radius 2 is 1.94 bits per heavy atom. The number of allylic oxidation sites excluding steroid dienone is 1. The molecular formula is C25H28N2O4S2. The highest BCUT2D eigenvalue weighted by Gasteiger charge is 2.55. The number of nitrogens with one attached hydrogen (secondary N) is 1. The first-order valence-electron chi connectivity index (χ1n) is 11.4. The van der Waals surface area contributed by atoms with Crippen LogP contribution in [-0.2, 0) is 16.0 Å². The van der Waals surface area contributed by atoms with Gasteiger partial charge >= 0.3 is 0 Å². The molecule has 8 heteroatoms. The fourth-order valence-corrected chi connectivity index (χ4v) is 7.74. The summed E-state index contributed by atoms with van der Waals surface area (Å²) in [5.41, 5.74) is 3.88. The maximum atomic E-state index is 13.4. The van der Waals surface area contributed by atoms with E-state index in [1.165, 1.54) is 31.4 Å². The fraction of sp³-hybridized carbons (Fsp3) is 0.480. The minimum Gasteiger partial charge on any atom is -0.504 e. The Labute approximate surface area is 203 Å². The van der Waals surface area contributed by atoms with E-state index in [1.54, 1.807) is 24.3 Å². The Hall–Kier alpha value is -2.32. The molecule has 1 heterocycles. The minimum absolute atomic E-state index is 0.0567. The van der Waals surface area contributed by atoms with Crippen LogP contribution in [0.15, 0.2) is 29.7 Å². The molecule has 2 amide bonds. The van der Waals surface area contributed by atoms with Crippen LogP contribution in [0.4, 0.5) is 0 Å². The lowest BCUT2D eigenvalue weighted by Crippen LogP contribution is -2.57. The van der Waals surface area contributed by atoms with Crippen LogP contribution in [0.25, 0.3) is 6.08 Å². The van der Waals surface area contributed by atoms with Crippen molar-refractivity contribution in [3.63, 3.8) is 0 Å². The van der Waals surface area contributed by atoms with Crippen LogP contribution >= 0.6 is 24.0 Å². The smallest absolute Gasteiger partial charge is 0.285 e. The summed E-state index contributed by atoms with van der Waals surface area (Å²) in [4.78, 5) is 27.0. The van der Waals surface area contributed by atoms with Crippen LogP contribution in [0.1, 0.15) is 49.7 Å². The molecule has 0 unspecified atom stereocenters. The number of methoxy groups -OCH3 is 1. The Balaban J connectivity index is 1.35. The number of rotatable bonds is 6. The molecule has 0 aromatic heterocycles. The van der Waals surface area contributed by atoms with Gasteiger partial charge in [-0.1, -0.05) is 17.8 Å². The number of ether oxygens (including phenoxy) is 1. The SMILES string of the molecule is C=CCc1cc(/C=C2\SC(=S)N(NC(=O)C34CC5CC(CC(C5)C3)C4)C2=O)cc(OC)c1O. The molecule has 0 radical (unpaired) electrons. The number of hydrogen-bond donors (Lipinski definition) is 2. The molecule has 6 rings (SSSR count). The molecule has 1 aromatic rings. The van der Waals surface area contributed by atoms with Gasteiger partial charge in [0.2, 0.25) is 5.91 Å². The van der Waals surface area contributed by atoms with E-state index in [0.717, 1.165) is 31.0 Å². The summed E-state index contributed by atoms with van der Waals surface area (Å²) in [6.07, 6.45) is 10.4. The lowest BCUT2D eigenvalue weighted by molar-refractivity contribution is -0.152. The Kier molecular flexibility index (Phi) is 5.77. The zero-order chi connectivity index (χ0) is 23.3. The van der Waals surface area contributed by atoms with Crippen molar-refractivity contribution in [1.82, 2.24) is 10.4 Å². The molecule has 1 aromatic carbocycles. The first-order valence-corrected chi connectivity index (χ1v) is 12.6. The van der Waals surface area contributed by atoms with Gasteiger partial charge in [0.05, 0.1) is 17.4 Å². The molecule has 1 saturated heterocycles. The standard InChI is InChI=1S/C25H28N2O4S2/c1-3-4-18-8-14(9-19(31-2)21(18)28)10-20-22(29)27(24(32)33-20)26-23(30)25-11-15-5-16(12-25)7-17(6-15)13-25/h3,8-10,15-17,28H,1,4-7,11-13H2,2H3,(H,26,30)/b20-10-. The Bertz CT molecular complexity index is 1050. The maximum Gasteiger partial charge on any atom is 0.285 e. The summed E-state index contributed by atoms with van der Waals surface area (Å²) in [7, 11) is 1.48. The summed E-state index contributed by atoms with van der Waals surface area (Å²) >= 11 is 6.61. The van der Waals surface area contributed by atoms with E-state index < -0.39 is 0 Å². The van der Waals surface area contributed by atoms with E-state index >= 15 is 0 Å². The average molecular weight is 485 g/mol. The second-order valence-corrected chi connectivity index (χ2v) is 11.6. The number of amides is 2. The van der Waals surface area contributed by atoms with Crippen molar-refractivity contribution in [1.29, 1.82) is 0 Å². The number of carbonyl (C=O) groups excluding carboxylic acids is 2. The molecule has 5 aliphatic rings. The molecule has 4 saturated carbocycles. The first kappa shape index (κ1) is 22.5.